The standard InChI is InChI=1S/C18H30NO5P/c1-4-5-6-10-13-18(2,3)17(20)19-16(14-24-25(21,22)23)15-11-8-7-9-12-15/h7-9,11-12,16H,4-6,10,13-14H2,1-3H3,(H,19,20)(H2,21,22,23)/t16-/m1/s1. The summed E-state index contributed by atoms with van der Waals surface area (Å²) in [6, 6.07) is 8.43. The van der Waals surface area contributed by atoms with Crippen LogP contribution in [0.4, 0.5) is 0 Å². The van der Waals surface area contributed by atoms with Crippen molar-refractivity contribution in [1.29, 1.82) is 0 Å². The molecule has 0 aromatic heterocycles. The lowest BCUT2D eigenvalue weighted by Crippen LogP contribution is -2.40. The molecule has 0 fully saturated rings. The molecule has 6 nitrogen and oxygen atoms in total. The number of nitrogens with one attached hydrogen (secondary N) is 1. The third kappa shape index (κ3) is 8.63. The SMILES string of the molecule is CCCCCCC(C)(C)C(=O)N[C@H](COP(=O)(O)O)c1ccccc1. The van der Waals surface area contributed by atoms with Gasteiger partial charge in [0.25, 0.3) is 0 Å². The van der Waals surface area contributed by atoms with Crippen molar-refractivity contribution in [3.63, 3.8) is 0 Å². The summed E-state index contributed by atoms with van der Waals surface area (Å²) in [5.74, 6) is -0.146. The number of benzene rings is 1. The van der Waals surface area contributed by atoms with Gasteiger partial charge in [-0.2, -0.15) is 0 Å². The first-order chi connectivity index (χ1) is 11.7. The highest BCUT2D eigenvalue weighted by Gasteiger charge is 2.30. The molecule has 0 spiro atoms. The lowest BCUT2D eigenvalue weighted by molar-refractivity contribution is -0.130. The molecule has 7 heteroatoms. The van der Waals surface area contributed by atoms with Crippen molar-refractivity contribution in [2.45, 2.75) is 58.9 Å². The van der Waals surface area contributed by atoms with Crippen LogP contribution in [0.25, 0.3) is 0 Å². The Bertz CT molecular complexity index is 570. The van der Waals surface area contributed by atoms with E-state index in [9.17, 15) is 9.36 Å². The first-order valence-electron chi connectivity index (χ1n) is 8.71. The summed E-state index contributed by atoms with van der Waals surface area (Å²) in [7, 11) is -4.60. The molecular formula is C18H30NO5P. The van der Waals surface area contributed by atoms with Gasteiger partial charge in [0.05, 0.1) is 12.6 Å². The van der Waals surface area contributed by atoms with Gasteiger partial charge in [-0.1, -0.05) is 76.8 Å². The summed E-state index contributed by atoms with van der Waals surface area (Å²) in [5.41, 5.74) is 0.189. The first kappa shape index (κ1) is 21.8. The van der Waals surface area contributed by atoms with Crippen LogP contribution in [0.5, 0.6) is 0 Å². The molecule has 1 aromatic rings. The van der Waals surface area contributed by atoms with Crippen LogP contribution < -0.4 is 5.32 Å². The van der Waals surface area contributed by atoms with E-state index in [0.717, 1.165) is 37.7 Å². The van der Waals surface area contributed by atoms with Crippen molar-refractivity contribution in [1.82, 2.24) is 5.32 Å². The summed E-state index contributed by atoms with van der Waals surface area (Å²) in [4.78, 5) is 30.6. The zero-order valence-corrected chi connectivity index (χ0v) is 16.2. The minimum Gasteiger partial charge on any atom is -0.346 e. The molecule has 0 aliphatic heterocycles. The van der Waals surface area contributed by atoms with E-state index in [1.165, 1.54) is 0 Å². The molecule has 0 unspecified atom stereocenters. The Morgan fingerprint density at radius 2 is 1.84 bits per heavy atom. The van der Waals surface area contributed by atoms with Crippen LogP contribution in [0.3, 0.4) is 0 Å². The van der Waals surface area contributed by atoms with Crippen molar-refractivity contribution in [3.8, 4) is 0 Å². The maximum absolute atomic E-state index is 12.7. The highest BCUT2D eigenvalue weighted by Crippen LogP contribution is 2.37. The molecule has 0 heterocycles. The number of carbonyl (C=O) groups is 1. The van der Waals surface area contributed by atoms with Gasteiger partial charge in [-0.25, -0.2) is 4.57 Å². The maximum atomic E-state index is 12.7. The van der Waals surface area contributed by atoms with Gasteiger partial charge in [-0.15, -0.1) is 0 Å². The van der Waals surface area contributed by atoms with Crippen molar-refractivity contribution < 1.29 is 23.7 Å². The van der Waals surface area contributed by atoms with Gasteiger partial charge < -0.3 is 15.1 Å². The lowest BCUT2D eigenvalue weighted by Gasteiger charge is -2.27. The van der Waals surface area contributed by atoms with Crippen LogP contribution in [-0.4, -0.2) is 22.3 Å². The van der Waals surface area contributed by atoms with Crippen LogP contribution in [-0.2, 0) is 13.9 Å². The highest BCUT2D eigenvalue weighted by atomic mass is 31.2. The highest BCUT2D eigenvalue weighted by molar-refractivity contribution is 7.46. The number of carbonyl (C=O) groups excluding carboxylic acids is 1. The van der Waals surface area contributed by atoms with Gasteiger partial charge in [-0.05, 0) is 12.0 Å². The Balaban J connectivity index is 2.75. The van der Waals surface area contributed by atoms with Gasteiger partial charge >= 0.3 is 7.82 Å². The minimum atomic E-state index is -4.60. The molecule has 1 amide bonds. The normalized spacial score (nSPS) is 13.5. The molecule has 0 aliphatic rings. The van der Waals surface area contributed by atoms with Crippen LogP contribution in [0, 0.1) is 5.41 Å². The quantitative estimate of drug-likeness (QED) is 0.404. The van der Waals surface area contributed by atoms with Crippen LogP contribution in [0.15, 0.2) is 30.3 Å². The van der Waals surface area contributed by atoms with Gasteiger partial charge in [0.2, 0.25) is 5.91 Å². The summed E-state index contributed by atoms with van der Waals surface area (Å²) in [6.45, 7) is 5.63. The molecule has 1 aromatic carbocycles. The molecule has 3 N–H and O–H groups in total. The monoisotopic (exact) mass is 371 g/mol. The number of rotatable bonds is 11. The molecule has 1 atom stereocenters. The zero-order chi connectivity index (χ0) is 18.9. The number of hydrogen-bond acceptors (Lipinski definition) is 3. The molecule has 0 saturated carbocycles. The van der Waals surface area contributed by atoms with Crippen LogP contribution in [0.1, 0.15) is 64.5 Å². The average Bonchev–Trinajstić information content (AvgIpc) is 2.55. The Morgan fingerprint density at radius 1 is 1.20 bits per heavy atom. The predicted octanol–water partition coefficient (Wildman–Crippen LogP) is 3.95. The number of phosphoric acid groups is 1. The zero-order valence-electron chi connectivity index (χ0n) is 15.3. The van der Waals surface area contributed by atoms with E-state index in [1.807, 2.05) is 32.0 Å². The fraction of sp³-hybridized carbons (Fsp3) is 0.611. The number of unbranched alkanes of at least 4 members (excludes halogenated alkanes) is 3. The second kappa shape index (κ2) is 10.1. The van der Waals surface area contributed by atoms with Crippen molar-refractivity contribution >= 4 is 13.7 Å². The third-order valence-corrected chi connectivity index (χ3v) is 4.67. The molecule has 25 heavy (non-hydrogen) atoms. The van der Waals surface area contributed by atoms with Crippen molar-refractivity contribution in [2.75, 3.05) is 6.61 Å². The second-order valence-electron chi connectivity index (χ2n) is 6.92. The largest absolute Gasteiger partial charge is 0.469 e. The van der Waals surface area contributed by atoms with E-state index >= 15 is 0 Å². The first-order valence-corrected chi connectivity index (χ1v) is 10.2. The van der Waals surface area contributed by atoms with E-state index in [0.29, 0.717) is 0 Å². The lowest BCUT2D eigenvalue weighted by atomic mass is 9.85. The molecule has 142 valence electrons. The Labute approximate surface area is 150 Å². The van der Waals surface area contributed by atoms with E-state index < -0.39 is 19.3 Å². The number of phosphoric ester groups is 1. The van der Waals surface area contributed by atoms with Gasteiger partial charge in [0.15, 0.2) is 0 Å². The number of amides is 1. The smallest absolute Gasteiger partial charge is 0.346 e. The third-order valence-electron chi connectivity index (χ3n) is 4.19. The van der Waals surface area contributed by atoms with Gasteiger partial charge in [-0.3, -0.25) is 9.32 Å². The summed E-state index contributed by atoms with van der Waals surface area (Å²) in [6.07, 6.45) is 5.13. The molecular weight excluding hydrogens is 341 g/mol. The molecule has 0 saturated heterocycles. The second-order valence-corrected chi connectivity index (χ2v) is 8.16. The Kier molecular flexibility index (Phi) is 8.80. The van der Waals surface area contributed by atoms with Gasteiger partial charge in [0, 0.05) is 5.41 Å². The van der Waals surface area contributed by atoms with Crippen molar-refractivity contribution in [3.05, 3.63) is 35.9 Å². The van der Waals surface area contributed by atoms with E-state index in [1.54, 1.807) is 12.1 Å². The topological polar surface area (TPSA) is 95.9 Å². The summed E-state index contributed by atoms with van der Waals surface area (Å²) in [5, 5.41) is 2.88. The molecule has 0 radical (unpaired) electrons. The fourth-order valence-electron chi connectivity index (χ4n) is 2.54. The van der Waals surface area contributed by atoms with E-state index in [4.69, 9.17) is 9.79 Å². The summed E-state index contributed by atoms with van der Waals surface area (Å²) >= 11 is 0. The fourth-order valence-corrected chi connectivity index (χ4v) is 2.88. The minimum absolute atomic E-state index is 0.146. The maximum Gasteiger partial charge on any atom is 0.469 e. The molecule has 0 aliphatic carbocycles. The Morgan fingerprint density at radius 3 is 2.40 bits per heavy atom. The predicted molar refractivity (Wildman–Crippen MR) is 97.9 cm³/mol. The van der Waals surface area contributed by atoms with E-state index in [-0.39, 0.29) is 12.5 Å². The molecule has 0 bridgehead atoms. The summed E-state index contributed by atoms with van der Waals surface area (Å²) < 4.78 is 15.6. The Hall–Kier alpha value is -1.20. The van der Waals surface area contributed by atoms with Gasteiger partial charge in [0.1, 0.15) is 0 Å². The average molecular weight is 371 g/mol. The molecule has 1 rings (SSSR count). The number of hydrogen-bond donors (Lipinski definition) is 3. The van der Waals surface area contributed by atoms with Crippen molar-refractivity contribution in [2.24, 2.45) is 5.41 Å². The van der Waals surface area contributed by atoms with E-state index in [2.05, 4.69) is 16.8 Å². The van der Waals surface area contributed by atoms with Crippen LogP contribution in [0.2, 0.25) is 0 Å². The van der Waals surface area contributed by atoms with Crippen LogP contribution >= 0.6 is 7.82 Å².